The molecule has 0 aliphatic carbocycles. The van der Waals surface area contributed by atoms with E-state index in [4.69, 9.17) is 0 Å². The second kappa shape index (κ2) is 4.78. The molecule has 0 fully saturated rings. The third kappa shape index (κ3) is 2.53. The van der Waals surface area contributed by atoms with Crippen LogP contribution in [0.15, 0.2) is 25.9 Å². The van der Waals surface area contributed by atoms with Crippen LogP contribution in [0.1, 0.15) is 0 Å². The lowest BCUT2D eigenvalue weighted by Gasteiger charge is -2.00. The van der Waals surface area contributed by atoms with Crippen LogP contribution in [-0.2, 0) is 0 Å². The van der Waals surface area contributed by atoms with Gasteiger partial charge in [-0.2, -0.15) is 0 Å². The Labute approximate surface area is 120 Å². The second-order valence-electron chi connectivity index (χ2n) is 2.81. The highest BCUT2D eigenvalue weighted by Crippen LogP contribution is 2.25. The monoisotopic (exact) mass is 425 g/mol. The van der Waals surface area contributed by atoms with Crippen molar-refractivity contribution >= 4 is 53.7 Å². The van der Waals surface area contributed by atoms with Gasteiger partial charge >= 0.3 is 5.95 Å². The van der Waals surface area contributed by atoms with Gasteiger partial charge in [0, 0.05) is 31.7 Å². The Morgan fingerprint density at radius 1 is 1.35 bits per heavy atom. The molecule has 2 aromatic heterocycles. The molecule has 2 aromatic rings. The summed E-state index contributed by atoms with van der Waals surface area (Å²) in [6.45, 7) is 0. The predicted octanol–water partition coefficient (Wildman–Crippen LogP) is 2.86. The molecule has 0 aromatic carbocycles. The van der Waals surface area contributed by atoms with E-state index in [1.807, 2.05) is 0 Å². The lowest BCUT2D eigenvalue weighted by Crippen LogP contribution is -2.01. The topological polar surface area (TPSA) is 86.7 Å². The molecule has 0 bridgehead atoms. The number of rotatable bonds is 2. The number of hydrogen-bond acceptors (Lipinski definition) is 5. The van der Waals surface area contributed by atoms with Gasteiger partial charge in [0.2, 0.25) is 0 Å². The van der Waals surface area contributed by atoms with E-state index in [0.29, 0.717) is 10.3 Å². The van der Waals surface area contributed by atoms with Crippen LogP contribution >= 0.6 is 47.8 Å². The quantitative estimate of drug-likeness (QED) is 0.543. The molecule has 2 heterocycles. The van der Waals surface area contributed by atoms with E-state index < -0.39 is 10.9 Å². The van der Waals surface area contributed by atoms with Crippen molar-refractivity contribution in [2.24, 2.45) is 0 Å². The molecule has 0 spiro atoms. The van der Waals surface area contributed by atoms with Crippen molar-refractivity contribution < 1.29 is 4.92 Å². The van der Waals surface area contributed by atoms with Crippen LogP contribution in [0.4, 0.5) is 5.95 Å². The second-order valence-corrected chi connectivity index (χ2v) is 5.29. The molecule has 88 valence electrons. The minimum atomic E-state index is -0.673. The van der Waals surface area contributed by atoms with E-state index in [2.05, 4.69) is 62.9 Å². The van der Waals surface area contributed by atoms with Gasteiger partial charge in [0.25, 0.3) is 4.73 Å². The normalized spacial score (nSPS) is 10.5. The molecule has 0 saturated heterocycles. The molecular weight excluding hydrogens is 426 g/mol. The summed E-state index contributed by atoms with van der Waals surface area (Å²) in [5.41, 5.74) is 0. The van der Waals surface area contributed by atoms with Gasteiger partial charge in [-0.15, -0.1) is 4.68 Å². The fourth-order valence-electron chi connectivity index (χ4n) is 1.06. The van der Waals surface area contributed by atoms with E-state index in [1.165, 1.54) is 4.68 Å². The summed E-state index contributed by atoms with van der Waals surface area (Å²) in [5, 5.41) is 14.3. The van der Waals surface area contributed by atoms with Gasteiger partial charge in [0.05, 0.1) is 4.47 Å². The van der Waals surface area contributed by atoms with Crippen molar-refractivity contribution in [1.82, 2.24) is 19.7 Å². The van der Waals surface area contributed by atoms with Gasteiger partial charge in [-0.05, 0) is 47.8 Å². The van der Waals surface area contributed by atoms with E-state index >= 15 is 0 Å². The number of nitro groups is 1. The number of pyridine rings is 1. The van der Waals surface area contributed by atoms with Crippen LogP contribution in [0.2, 0.25) is 0 Å². The smallest absolute Gasteiger partial charge is 0.390 e. The Balaban J connectivity index is 2.56. The van der Waals surface area contributed by atoms with Crippen LogP contribution in [0.5, 0.6) is 0 Å². The Morgan fingerprint density at radius 2 is 2.06 bits per heavy atom. The van der Waals surface area contributed by atoms with Crippen LogP contribution in [0, 0.1) is 10.1 Å². The van der Waals surface area contributed by atoms with Crippen molar-refractivity contribution in [3.63, 3.8) is 0 Å². The molecule has 10 heteroatoms. The first kappa shape index (κ1) is 12.6. The molecule has 0 unspecified atom stereocenters. The fraction of sp³-hybridized carbons (Fsp3) is 0. The molecule has 17 heavy (non-hydrogen) atoms. The Morgan fingerprint density at radius 3 is 2.59 bits per heavy atom. The Bertz CT molecular complexity index is 599. The van der Waals surface area contributed by atoms with E-state index in [-0.39, 0.29) is 4.73 Å². The Hall–Kier alpha value is -0.870. The largest absolute Gasteiger partial charge is 0.492 e. The molecule has 0 aliphatic rings. The Kier molecular flexibility index (Phi) is 3.54. The van der Waals surface area contributed by atoms with Crippen molar-refractivity contribution in [2.75, 3.05) is 0 Å². The first-order valence-electron chi connectivity index (χ1n) is 4.07. The van der Waals surface area contributed by atoms with E-state index in [0.717, 1.165) is 4.47 Å². The standard InChI is InChI=1S/C7H2Br3N5O2/c8-3-1-4(9)5(11-2-3)14-6(10)12-7(13-14)15(16)17/h1-2H. The van der Waals surface area contributed by atoms with Crippen LogP contribution in [-0.4, -0.2) is 24.7 Å². The lowest BCUT2D eigenvalue weighted by atomic mass is 10.5. The van der Waals surface area contributed by atoms with Gasteiger partial charge in [-0.3, -0.25) is 0 Å². The summed E-state index contributed by atoms with van der Waals surface area (Å²) in [7, 11) is 0. The maximum absolute atomic E-state index is 10.5. The van der Waals surface area contributed by atoms with Crippen molar-refractivity contribution in [3.8, 4) is 5.82 Å². The summed E-state index contributed by atoms with van der Waals surface area (Å²) in [6.07, 6.45) is 1.56. The lowest BCUT2D eigenvalue weighted by molar-refractivity contribution is -0.394. The average Bonchev–Trinajstić information content (AvgIpc) is 2.61. The van der Waals surface area contributed by atoms with E-state index in [9.17, 15) is 10.1 Å². The zero-order chi connectivity index (χ0) is 12.6. The van der Waals surface area contributed by atoms with Gasteiger partial charge in [-0.25, -0.2) is 4.98 Å². The van der Waals surface area contributed by atoms with Crippen LogP contribution in [0.25, 0.3) is 5.82 Å². The van der Waals surface area contributed by atoms with Crippen molar-refractivity contribution in [2.45, 2.75) is 0 Å². The molecule has 0 saturated carbocycles. The van der Waals surface area contributed by atoms with Gasteiger partial charge in [0.15, 0.2) is 5.82 Å². The third-order valence-corrected chi connectivity index (χ3v) is 3.24. The molecule has 0 amide bonds. The first-order valence-corrected chi connectivity index (χ1v) is 6.45. The fourth-order valence-corrected chi connectivity index (χ4v) is 2.62. The highest BCUT2D eigenvalue weighted by Gasteiger charge is 2.22. The minimum Gasteiger partial charge on any atom is -0.390 e. The third-order valence-electron chi connectivity index (χ3n) is 1.71. The van der Waals surface area contributed by atoms with Crippen molar-refractivity contribution in [3.05, 3.63) is 36.1 Å². The minimum absolute atomic E-state index is 0.208. The first-order chi connectivity index (χ1) is 7.99. The maximum atomic E-state index is 10.5. The zero-order valence-electron chi connectivity index (χ0n) is 7.84. The van der Waals surface area contributed by atoms with E-state index in [1.54, 1.807) is 12.3 Å². The molecule has 0 radical (unpaired) electrons. The predicted molar refractivity (Wildman–Crippen MR) is 68.9 cm³/mol. The number of aromatic nitrogens is 4. The molecule has 0 aliphatic heterocycles. The molecule has 0 N–H and O–H groups in total. The summed E-state index contributed by atoms with van der Waals surface area (Å²) in [5.74, 6) is -0.0887. The summed E-state index contributed by atoms with van der Waals surface area (Å²) in [4.78, 5) is 17.6. The summed E-state index contributed by atoms with van der Waals surface area (Å²) >= 11 is 9.64. The molecule has 2 rings (SSSR count). The summed E-state index contributed by atoms with van der Waals surface area (Å²) < 4.78 is 2.85. The molecular formula is C7H2Br3N5O2. The molecule has 7 nitrogen and oxygen atoms in total. The maximum Gasteiger partial charge on any atom is 0.492 e. The highest BCUT2D eigenvalue weighted by atomic mass is 79.9. The van der Waals surface area contributed by atoms with Crippen LogP contribution in [0.3, 0.4) is 0 Å². The number of halogens is 3. The zero-order valence-corrected chi connectivity index (χ0v) is 12.6. The number of hydrogen-bond donors (Lipinski definition) is 0. The SMILES string of the molecule is O=[N+]([O-])c1nc(Br)n(-c2ncc(Br)cc2Br)n1. The van der Waals surface area contributed by atoms with Gasteiger partial charge in [-0.1, -0.05) is 0 Å². The van der Waals surface area contributed by atoms with Gasteiger partial charge < -0.3 is 10.1 Å². The number of nitrogens with zero attached hydrogens (tertiary/aromatic N) is 5. The van der Waals surface area contributed by atoms with Crippen LogP contribution < -0.4 is 0 Å². The highest BCUT2D eigenvalue weighted by molar-refractivity contribution is 9.11. The average molecular weight is 428 g/mol. The van der Waals surface area contributed by atoms with Crippen molar-refractivity contribution in [1.29, 1.82) is 0 Å². The molecule has 0 atom stereocenters. The summed E-state index contributed by atoms with van der Waals surface area (Å²) in [6, 6.07) is 1.75. The van der Waals surface area contributed by atoms with Gasteiger partial charge in [0.1, 0.15) is 0 Å².